The van der Waals surface area contributed by atoms with Gasteiger partial charge in [0.05, 0.1) is 4.34 Å². The molecule has 0 bridgehead atoms. The maximum atomic E-state index is 5.93. The van der Waals surface area contributed by atoms with Gasteiger partial charge >= 0.3 is 0 Å². The number of hydrogen-bond acceptors (Lipinski definition) is 2. The number of halogens is 1. The fourth-order valence-electron chi connectivity index (χ4n) is 1.89. The van der Waals surface area contributed by atoms with Crippen molar-refractivity contribution < 1.29 is 0 Å². The van der Waals surface area contributed by atoms with E-state index in [0.29, 0.717) is 5.92 Å². The summed E-state index contributed by atoms with van der Waals surface area (Å²) in [6, 6.07) is 2.11. The van der Waals surface area contributed by atoms with Crippen molar-refractivity contribution in [3.63, 3.8) is 0 Å². The lowest BCUT2D eigenvalue weighted by molar-refractivity contribution is 0.633. The zero-order valence-electron chi connectivity index (χ0n) is 6.85. The molecule has 2 rings (SSSR count). The number of nitrogens with two attached hydrogens (primary N) is 1. The van der Waals surface area contributed by atoms with Gasteiger partial charge in [-0.2, -0.15) is 0 Å². The minimum Gasteiger partial charge on any atom is -0.330 e. The van der Waals surface area contributed by atoms with Gasteiger partial charge in [0, 0.05) is 4.88 Å². The molecule has 1 atom stereocenters. The lowest BCUT2D eigenvalue weighted by atomic mass is 10.1. The topological polar surface area (TPSA) is 26.0 Å². The van der Waals surface area contributed by atoms with Crippen LogP contribution in [-0.4, -0.2) is 6.54 Å². The summed E-state index contributed by atoms with van der Waals surface area (Å²) < 4.78 is 0.932. The van der Waals surface area contributed by atoms with E-state index in [4.69, 9.17) is 17.3 Å². The highest BCUT2D eigenvalue weighted by molar-refractivity contribution is 7.16. The summed E-state index contributed by atoms with van der Waals surface area (Å²) in [6.07, 6.45) is 3.59. The molecule has 1 aromatic rings. The number of rotatable bonds is 2. The van der Waals surface area contributed by atoms with Crippen molar-refractivity contribution in [1.82, 2.24) is 0 Å². The zero-order chi connectivity index (χ0) is 8.55. The normalized spacial score (nSPS) is 21.3. The van der Waals surface area contributed by atoms with Crippen LogP contribution in [0.4, 0.5) is 0 Å². The van der Waals surface area contributed by atoms with Crippen LogP contribution in [0.25, 0.3) is 0 Å². The van der Waals surface area contributed by atoms with Crippen LogP contribution in [0.3, 0.4) is 0 Å². The Morgan fingerprint density at radius 1 is 1.67 bits per heavy atom. The third-order valence-electron chi connectivity index (χ3n) is 2.46. The summed E-state index contributed by atoms with van der Waals surface area (Å²) in [4.78, 5) is 1.49. The highest BCUT2D eigenvalue weighted by atomic mass is 35.5. The molecule has 1 unspecified atom stereocenters. The van der Waals surface area contributed by atoms with Crippen LogP contribution in [0.1, 0.15) is 29.2 Å². The number of aryl methyl sites for hydroxylation is 1. The molecule has 0 spiro atoms. The third-order valence-corrected chi connectivity index (χ3v) is 3.93. The second-order valence-corrected chi connectivity index (χ2v) is 4.97. The molecule has 0 aliphatic heterocycles. The first-order valence-corrected chi connectivity index (χ1v) is 5.49. The summed E-state index contributed by atoms with van der Waals surface area (Å²) >= 11 is 7.67. The van der Waals surface area contributed by atoms with Gasteiger partial charge in [0.1, 0.15) is 0 Å². The average Bonchev–Trinajstić information content (AvgIpc) is 2.52. The van der Waals surface area contributed by atoms with Crippen LogP contribution in [-0.2, 0) is 6.42 Å². The maximum absolute atomic E-state index is 5.93. The van der Waals surface area contributed by atoms with E-state index in [0.717, 1.165) is 17.3 Å². The Bertz CT molecular complexity index is 282. The first-order valence-electron chi connectivity index (χ1n) is 4.29. The minimum absolute atomic E-state index is 0.697. The van der Waals surface area contributed by atoms with Crippen LogP contribution in [0.2, 0.25) is 4.34 Å². The predicted molar refractivity (Wildman–Crippen MR) is 54.1 cm³/mol. The molecule has 0 fully saturated rings. The molecule has 1 aliphatic rings. The Kier molecular flexibility index (Phi) is 2.40. The van der Waals surface area contributed by atoms with E-state index < -0.39 is 0 Å². The lowest BCUT2D eigenvalue weighted by Crippen LogP contribution is -2.03. The fourth-order valence-corrected chi connectivity index (χ4v) is 3.37. The van der Waals surface area contributed by atoms with Crippen LogP contribution in [0, 0.1) is 0 Å². The first-order chi connectivity index (χ1) is 5.81. The standard InChI is InChI=1S/C9H12ClNS/c10-8-5-7-2-1-6(3-4-11)9(7)12-8/h5-6H,1-4,11H2. The molecule has 0 amide bonds. The summed E-state index contributed by atoms with van der Waals surface area (Å²) in [5, 5.41) is 0. The second kappa shape index (κ2) is 3.36. The average molecular weight is 202 g/mol. The van der Waals surface area contributed by atoms with E-state index in [9.17, 15) is 0 Å². The molecule has 1 aliphatic carbocycles. The van der Waals surface area contributed by atoms with E-state index in [2.05, 4.69) is 6.07 Å². The summed E-state index contributed by atoms with van der Waals surface area (Å²) in [7, 11) is 0. The van der Waals surface area contributed by atoms with Crippen LogP contribution < -0.4 is 5.73 Å². The van der Waals surface area contributed by atoms with Gasteiger partial charge in [-0.1, -0.05) is 11.6 Å². The Morgan fingerprint density at radius 3 is 3.25 bits per heavy atom. The highest BCUT2D eigenvalue weighted by Gasteiger charge is 2.24. The number of thiophene rings is 1. The van der Waals surface area contributed by atoms with E-state index in [1.807, 2.05) is 0 Å². The van der Waals surface area contributed by atoms with Crippen molar-refractivity contribution in [2.24, 2.45) is 5.73 Å². The number of hydrogen-bond donors (Lipinski definition) is 1. The van der Waals surface area contributed by atoms with Crippen molar-refractivity contribution >= 4 is 22.9 Å². The van der Waals surface area contributed by atoms with Crippen LogP contribution in [0.5, 0.6) is 0 Å². The molecule has 12 heavy (non-hydrogen) atoms. The highest BCUT2D eigenvalue weighted by Crippen LogP contribution is 2.42. The van der Waals surface area contributed by atoms with Gasteiger partial charge < -0.3 is 5.73 Å². The molecule has 0 radical (unpaired) electrons. The molecule has 66 valence electrons. The monoisotopic (exact) mass is 201 g/mol. The Morgan fingerprint density at radius 2 is 2.50 bits per heavy atom. The molecule has 0 saturated heterocycles. The molecule has 0 saturated carbocycles. The third kappa shape index (κ3) is 1.39. The largest absolute Gasteiger partial charge is 0.330 e. The molecule has 1 heterocycles. The van der Waals surface area contributed by atoms with Gasteiger partial charge in [0.2, 0.25) is 0 Å². The van der Waals surface area contributed by atoms with Gasteiger partial charge in [-0.15, -0.1) is 11.3 Å². The smallest absolute Gasteiger partial charge is 0.0934 e. The molecular formula is C9H12ClNS. The van der Waals surface area contributed by atoms with E-state index >= 15 is 0 Å². The fraction of sp³-hybridized carbons (Fsp3) is 0.556. The van der Waals surface area contributed by atoms with Crippen LogP contribution >= 0.6 is 22.9 Å². The van der Waals surface area contributed by atoms with Crippen molar-refractivity contribution in [1.29, 1.82) is 0 Å². The molecule has 1 aromatic heterocycles. The zero-order valence-corrected chi connectivity index (χ0v) is 8.42. The quantitative estimate of drug-likeness (QED) is 0.783. The second-order valence-electron chi connectivity index (χ2n) is 3.25. The van der Waals surface area contributed by atoms with E-state index in [-0.39, 0.29) is 0 Å². The molecule has 3 heteroatoms. The number of fused-ring (bicyclic) bond motifs is 1. The molecule has 1 nitrogen and oxygen atoms in total. The van der Waals surface area contributed by atoms with E-state index in [1.165, 1.54) is 23.3 Å². The summed E-state index contributed by atoms with van der Waals surface area (Å²) in [5.74, 6) is 0.697. The maximum Gasteiger partial charge on any atom is 0.0934 e. The summed E-state index contributed by atoms with van der Waals surface area (Å²) in [6.45, 7) is 0.791. The summed E-state index contributed by atoms with van der Waals surface area (Å²) in [5.41, 5.74) is 7.01. The Hall–Kier alpha value is -0.0500. The van der Waals surface area contributed by atoms with Crippen molar-refractivity contribution in [3.8, 4) is 0 Å². The van der Waals surface area contributed by atoms with Crippen molar-refractivity contribution in [2.75, 3.05) is 6.54 Å². The lowest BCUT2D eigenvalue weighted by Gasteiger charge is -2.05. The minimum atomic E-state index is 0.697. The molecule has 2 N–H and O–H groups in total. The Balaban J connectivity index is 2.22. The molecule has 0 aromatic carbocycles. The van der Waals surface area contributed by atoms with Gasteiger partial charge in [-0.25, -0.2) is 0 Å². The van der Waals surface area contributed by atoms with E-state index in [1.54, 1.807) is 11.3 Å². The van der Waals surface area contributed by atoms with Gasteiger partial charge in [-0.05, 0) is 43.4 Å². The van der Waals surface area contributed by atoms with Gasteiger partial charge in [0.15, 0.2) is 0 Å². The SMILES string of the molecule is NCCC1CCc2cc(Cl)sc21. The van der Waals surface area contributed by atoms with Gasteiger partial charge in [-0.3, -0.25) is 0 Å². The first kappa shape index (κ1) is 8.54. The van der Waals surface area contributed by atoms with Crippen molar-refractivity contribution in [3.05, 3.63) is 20.8 Å². The molecular weight excluding hydrogens is 190 g/mol. The van der Waals surface area contributed by atoms with Crippen LogP contribution in [0.15, 0.2) is 6.07 Å². The Labute approximate surface area is 81.5 Å². The van der Waals surface area contributed by atoms with Crippen molar-refractivity contribution in [2.45, 2.75) is 25.2 Å². The predicted octanol–water partition coefficient (Wildman–Crippen LogP) is 2.78. The van der Waals surface area contributed by atoms with Gasteiger partial charge in [0.25, 0.3) is 0 Å².